The van der Waals surface area contributed by atoms with Crippen LogP contribution in [0.5, 0.6) is 0 Å². The maximum atomic E-state index is 12.8. The van der Waals surface area contributed by atoms with Gasteiger partial charge < -0.3 is 10.1 Å². The number of sulfonamides is 1. The van der Waals surface area contributed by atoms with Crippen LogP contribution in [0.3, 0.4) is 0 Å². The third kappa shape index (κ3) is 6.33. The fourth-order valence-corrected chi connectivity index (χ4v) is 2.78. The van der Waals surface area contributed by atoms with Gasteiger partial charge in [-0.3, -0.25) is 9.59 Å². The van der Waals surface area contributed by atoms with Crippen LogP contribution in [-0.4, -0.2) is 39.0 Å². The zero-order chi connectivity index (χ0) is 17.6. The van der Waals surface area contributed by atoms with Gasteiger partial charge >= 0.3 is 5.97 Å². The number of benzene rings is 1. The van der Waals surface area contributed by atoms with Crippen LogP contribution >= 0.6 is 0 Å². The number of halogens is 1. The van der Waals surface area contributed by atoms with Crippen molar-refractivity contribution in [3.05, 3.63) is 30.1 Å². The second-order valence-corrected chi connectivity index (χ2v) is 6.84. The number of rotatable bonds is 7. The molecule has 1 rings (SSSR count). The second kappa shape index (κ2) is 8.02. The second-order valence-electron chi connectivity index (χ2n) is 5.13. The van der Waals surface area contributed by atoms with Crippen molar-refractivity contribution in [3.8, 4) is 0 Å². The monoisotopic (exact) mass is 346 g/mol. The highest BCUT2D eigenvalue weighted by Crippen LogP contribution is 2.10. The van der Waals surface area contributed by atoms with Gasteiger partial charge in [0.05, 0.1) is 4.90 Å². The molecule has 1 amide bonds. The summed E-state index contributed by atoms with van der Waals surface area (Å²) in [5.74, 6) is -1.95. The highest BCUT2D eigenvalue weighted by Gasteiger charge is 2.23. The molecular formula is C14H19FN2O5S. The predicted molar refractivity (Wildman–Crippen MR) is 80.4 cm³/mol. The first-order chi connectivity index (χ1) is 10.6. The van der Waals surface area contributed by atoms with E-state index in [0.29, 0.717) is 0 Å². The van der Waals surface area contributed by atoms with E-state index in [1.807, 2.05) is 0 Å². The van der Waals surface area contributed by atoms with Crippen molar-refractivity contribution in [2.24, 2.45) is 0 Å². The average molecular weight is 346 g/mol. The first-order valence-corrected chi connectivity index (χ1v) is 8.34. The van der Waals surface area contributed by atoms with Gasteiger partial charge in [0.1, 0.15) is 11.9 Å². The summed E-state index contributed by atoms with van der Waals surface area (Å²) in [6, 6.07) is 2.84. The molecule has 0 bridgehead atoms. The van der Waals surface area contributed by atoms with Crippen LogP contribution in [0.25, 0.3) is 0 Å². The minimum Gasteiger partial charge on any atom is -0.454 e. The molecule has 7 nitrogen and oxygen atoms in total. The van der Waals surface area contributed by atoms with E-state index in [4.69, 9.17) is 4.74 Å². The first kappa shape index (κ1) is 19.0. The van der Waals surface area contributed by atoms with Gasteiger partial charge in [-0.15, -0.1) is 0 Å². The number of carbonyl (C=O) groups is 2. The summed E-state index contributed by atoms with van der Waals surface area (Å²) < 4.78 is 43.7. The Bertz CT molecular complexity index is 658. The molecule has 0 spiro atoms. The molecule has 128 valence electrons. The van der Waals surface area contributed by atoms with Crippen molar-refractivity contribution >= 4 is 21.9 Å². The number of hydrogen-bond acceptors (Lipinski definition) is 5. The number of amides is 1. The molecule has 2 N–H and O–H groups in total. The van der Waals surface area contributed by atoms with Gasteiger partial charge in [0.2, 0.25) is 10.0 Å². The van der Waals surface area contributed by atoms with Gasteiger partial charge in [-0.25, -0.2) is 12.8 Å². The van der Waals surface area contributed by atoms with Crippen molar-refractivity contribution in [1.82, 2.24) is 10.0 Å². The van der Waals surface area contributed by atoms with Crippen LogP contribution in [-0.2, 0) is 24.3 Å². The minimum absolute atomic E-state index is 0.101. The summed E-state index contributed by atoms with van der Waals surface area (Å²) in [5.41, 5.74) is 0. The lowest BCUT2D eigenvalue weighted by Crippen LogP contribution is -2.41. The van der Waals surface area contributed by atoms with Gasteiger partial charge in [0.15, 0.2) is 6.61 Å². The largest absolute Gasteiger partial charge is 0.454 e. The molecule has 23 heavy (non-hydrogen) atoms. The normalized spacial score (nSPS) is 12.7. The summed E-state index contributed by atoms with van der Waals surface area (Å²) in [7, 11) is -4.00. The maximum Gasteiger partial charge on any atom is 0.324 e. The smallest absolute Gasteiger partial charge is 0.324 e. The Morgan fingerprint density at radius 2 is 1.74 bits per heavy atom. The average Bonchev–Trinajstić information content (AvgIpc) is 2.44. The van der Waals surface area contributed by atoms with Gasteiger partial charge in [0.25, 0.3) is 5.91 Å². The molecule has 0 heterocycles. The maximum absolute atomic E-state index is 12.8. The molecule has 0 aliphatic rings. The topological polar surface area (TPSA) is 102 Å². The van der Waals surface area contributed by atoms with Crippen LogP contribution in [0.15, 0.2) is 29.2 Å². The highest BCUT2D eigenvalue weighted by atomic mass is 32.2. The van der Waals surface area contributed by atoms with E-state index in [-0.39, 0.29) is 10.9 Å². The quantitative estimate of drug-likeness (QED) is 0.703. The lowest BCUT2D eigenvalue weighted by molar-refractivity contribution is -0.149. The van der Waals surface area contributed by atoms with E-state index in [1.54, 1.807) is 13.8 Å². The van der Waals surface area contributed by atoms with Crippen LogP contribution in [0.1, 0.15) is 20.8 Å². The summed E-state index contributed by atoms with van der Waals surface area (Å²) in [4.78, 5) is 22.9. The minimum atomic E-state index is -4.00. The van der Waals surface area contributed by atoms with E-state index < -0.39 is 40.4 Å². The van der Waals surface area contributed by atoms with Crippen molar-refractivity contribution in [3.63, 3.8) is 0 Å². The Morgan fingerprint density at radius 3 is 2.26 bits per heavy atom. The summed E-state index contributed by atoms with van der Waals surface area (Å²) in [6.07, 6.45) is 0. The van der Waals surface area contributed by atoms with Gasteiger partial charge in [-0.05, 0) is 45.0 Å². The van der Waals surface area contributed by atoms with Gasteiger partial charge in [-0.2, -0.15) is 4.72 Å². The zero-order valence-corrected chi connectivity index (χ0v) is 13.8. The lowest BCUT2D eigenvalue weighted by Gasteiger charge is -2.14. The summed E-state index contributed by atoms with van der Waals surface area (Å²) >= 11 is 0. The molecule has 0 fully saturated rings. The third-order valence-corrected chi connectivity index (χ3v) is 4.16. The van der Waals surface area contributed by atoms with E-state index in [0.717, 1.165) is 24.3 Å². The third-order valence-electron chi connectivity index (χ3n) is 2.60. The Labute approximate surface area is 134 Å². The number of hydrogen-bond donors (Lipinski definition) is 2. The van der Waals surface area contributed by atoms with E-state index in [9.17, 15) is 22.4 Å². The van der Waals surface area contributed by atoms with Gasteiger partial charge in [-0.1, -0.05) is 0 Å². The molecule has 0 saturated heterocycles. The molecule has 0 radical (unpaired) electrons. The zero-order valence-electron chi connectivity index (χ0n) is 13.0. The fourth-order valence-electron chi connectivity index (χ4n) is 1.59. The molecular weight excluding hydrogens is 327 g/mol. The van der Waals surface area contributed by atoms with E-state index in [2.05, 4.69) is 10.0 Å². The summed E-state index contributed by atoms with van der Waals surface area (Å²) in [6.45, 7) is 4.28. The molecule has 0 unspecified atom stereocenters. The van der Waals surface area contributed by atoms with E-state index in [1.165, 1.54) is 6.92 Å². The molecule has 1 atom stereocenters. The van der Waals surface area contributed by atoms with Crippen LogP contribution in [0.4, 0.5) is 4.39 Å². The standard InChI is InChI=1S/C14H19FN2O5S/c1-9(2)16-13(18)8-22-14(19)10(3)17-23(20,21)12-6-4-11(15)5-7-12/h4-7,9-10,17H,8H2,1-3H3,(H,16,18)/t10-/m0/s1. The Kier molecular flexibility index (Phi) is 6.64. The Morgan fingerprint density at radius 1 is 1.17 bits per heavy atom. The van der Waals surface area contributed by atoms with Crippen molar-refractivity contribution in [2.75, 3.05) is 6.61 Å². The molecule has 1 aromatic rings. The van der Waals surface area contributed by atoms with Crippen molar-refractivity contribution < 1.29 is 27.1 Å². The Hall–Kier alpha value is -2.00. The fraction of sp³-hybridized carbons (Fsp3) is 0.429. The van der Waals surface area contributed by atoms with Crippen LogP contribution < -0.4 is 10.0 Å². The number of ether oxygens (including phenoxy) is 1. The highest BCUT2D eigenvalue weighted by molar-refractivity contribution is 7.89. The predicted octanol–water partition coefficient (Wildman–Crippen LogP) is 0.560. The number of esters is 1. The van der Waals surface area contributed by atoms with E-state index >= 15 is 0 Å². The molecule has 0 aliphatic carbocycles. The molecule has 0 aliphatic heterocycles. The first-order valence-electron chi connectivity index (χ1n) is 6.85. The number of carbonyl (C=O) groups excluding carboxylic acids is 2. The van der Waals surface area contributed by atoms with Crippen molar-refractivity contribution in [1.29, 1.82) is 0 Å². The molecule has 0 aromatic heterocycles. The van der Waals surface area contributed by atoms with Crippen LogP contribution in [0.2, 0.25) is 0 Å². The number of nitrogens with one attached hydrogen (secondary N) is 2. The SMILES string of the molecule is CC(C)NC(=O)COC(=O)[C@H](C)NS(=O)(=O)c1ccc(F)cc1. The van der Waals surface area contributed by atoms with Crippen LogP contribution in [0, 0.1) is 5.82 Å². The molecule has 1 aromatic carbocycles. The molecule has 9 heteroatoms. The lowest BCUT2D eigenvalue weighted by atomic mass is 10.3. The summed E-state index contributed by atoms with van der Waals surface area (Å²) in [5, 5.41) is 2.53. The van der Waals surface area contributed by atoms with Gasteiger partial charge in [0, 0.05) is 6.04 Å². The Balaban J connectivity index is 2.60. The molecule has 0 saturated carbocycles. The van der Waals surface area contributed by atoms with Crippen molar-refractivity contribution in [2.45, 2.75) is 37.8 Å².